The Bertz CT molecular complexity index is 234. The van der Waals surface area contributed by atoms with Gasteiger partial charge in [-0.15, -0.1) is 0 Å². The zero-order chi connectivity index (χ0) is 10.1. The molecule has 0 fully saturated rings. The fourth-order valence-corrected chi connectivity index (χ4v) is 0.602. The van der Waals surface area contributed by atoms with Gasteiger partial charge in [-0.25, -0.2) is 0 Å². The minimum atomic E-state index is -0.379. The van der Waals surface area contributed by atoms with Crippen molar-refractivity contribution >= 4 is 18.5 Å². The number of hydrogen-bond donors (Lipinski definition) is 2. The smallest absolute Gasteiger partial charge is 0.248 e. The zero-order valence-corrected chi connectivity index (χ0v) is 8.63. The third kappa shape index (κ3) is 6.22. The second kappa shape index (κ2) is 7.68. The molecule has 0 atom stereocenters. The number of nitrogens with two attached hydrogens (primary N) is 1. The van der Waals surface area contributed by atoms with Crippen LogP contribution < -0.4 is 5.73 Å². The summed E-state index contributed by atoms with van der Waals surface area (Å²) in [5.41, 5.74) is 5.53. The maximum absolute atomic E-state index is 10.4. The average Bonchev–Trinajstić information content (AvgIpc) is 2.19. The summed E-state index contributed by atoms with van der Waals surface area (Å²) in [6, 6.07) is 8.76. The molecule has 1 aromatic carbocycles. The third-order valence-electron chi connectivity index (χ3n) is 1.28. The van der Waals surface area contributed by atoms with Gasteiger partial charge in [-0.3, -0.25) is 4.79 Å². The van der Waals surface area contributed by atoms with Gasteiger partial charge in [-0.05, 0) is 24.3 Å². The van der Waals surface area contributed by atoms with E-state index in [1.54, 1.807) is 24.3 Å². The molecule has 0 radical (unpaired) electrons. The molecular weight excluding hydrogens is 182 g/mol. The molecule has 0 spiro atoms. The van der Waals surface area contributed by atoms with Crippen molar-refractivity contribution in [1.82, 2.24) is 0 Å². The Morgan fingerprint density at radius 2 is 1.85 bits per heavy atom. The Labute approximate surface area is 84.6 Å². The lowest BCUT2D eigenvalue weighted by molar-refractivity contribution is 0.100. The topological polar surface area (TPSA) is 43.1 Å². The molecule has 0 saturated carbocycles. The van der Waals surface area contributed by atoms with Crippen LogP contribution in [-0.2, 0) is 0 Å². The standard InChI is InChI=1S/C7H7NO.C3H8S/c8-7(9)6-4-2-1-3-5-6;1-2-3-4/h1-5H,(H2,8,9);4H,2-3H2,1H3. The molecule has 0 aliphatic carbocycles. The van der Waals surface area contributed by atoms with Crippen molar-refractivity contribution in [3.05, 3.63) is 35.9 Å². The summed E-state index contributed by atoms with van der Waals surface area (Å²) in [7, 11) is 0. The quantitative estimate of drug-likeness (QED) is 0.701. The van der Waals surface area contributed by atoms with E-state index < -0.39 is 0 Å². The Hall–Kier alpha value is -0.960. The van der Waals surface area contributed by atoms with Gasteiger partial charge in [0.2, 0.25) is 5.91 Å². The van der Waals surface area contributed by atoms with Gasteiger partial charge < -0.3 is 5.73 Å². The maximum Gasteiger partial charge on any atom is 0.248 e. The van der Waals surface area contributed by atoms with Crippen LogP contribution in [0.5, 0.6) is 0 Å². The van der Waals surface area contributed by atoms with Gasteiger partial charge in [0, 0.05) is 5.56 Å². The maximum atomic E-state index is 10.4. The van der Waals surface area contributed by atoms with Crippen LogP contribution in [0.3, 0.4) is 0 Å². The van der Waals surface area contributed by atoms with Crippen LogP contribution in [0.25, 0.3) is 0 Å². The van der Waals surface area contributed by atoms with E-state index in [0.29, 0.717) is 5.56 Å². The molecule has 0 unspecified atom stereocenters. The molecule has 0 aromatic heterocycles. The highest BCUT2D eigenvalue weighted by molar-refractivity contribution is 7.80. The predicted molar refractivity (Wildman–Crippen MR) is 59.1 cm³/mol. The lowest BCUT2D eigenvalue weighted by Gasteiger charge is -1.89. The fraction of sp³-hybridized carbons (Fsp3) is 0.300. The number of amides is 1. The van der Waals surface area contributed by atoms with E-state index in [4.69, 9.17) is 5.73 Å². The molecule has 2 N–H and O–H groups in total. The molecule has 0 heterocycles. The van der Waals surface area contributed by atoms with Crippen molar-refractivity contribution < 1.29 is 4.79 Å². The molecule has 1 aromatic rings. The zero-order valence-electron chi connectivity index (χ0n) is 7.73. The van der Waals surface area contributed by atoms with Crippen molar-refractivity contribution in [1.29, 1.82) is 0 Å². The van der Waals surface area contributed by atoms with Crippen molar-refractivity contribution in [2.45, 2.75) is 13.3 Å². The number of carbonyl (C=O) groups excluding carboxylic acids is 1. The third-order valence-corrected chi connectivity index (χ3v) is 1.73. The molecule has 72 valence electrons. The van der Waals surface area contributed by atoms with Gasteiger partial charge in [-0.2, -0.15) is 12.6 Å². The number of rotatable bonds is 2. The number of benzene rings is 1. The minimum absolute atomic E-state index is 0.379. The van der Waals surface area contributed by atoms with Crippen LogP contribution in [0, 0.1) is 0 Å². The number of thiol groups is 1. The molecule has 2 nitrogen and oxygen atoms in total. The summed E-state index contributed by atoms with van der Waals surface area (Å²) in [6.07, 6.45) is 1.18. The summed E-state index contributed by atoms with van der Waals surface area (Å²) in [4.78, 5) is 10.4. The van der Waals surface area contributed by atoms with Crippen LogP contribution in [0.4, 0.5) is 0 Å². The lowest BCUT2D eigenvalue weighted by Crippen LogP contribution is -2.09. The first kappa shape index (κ1) is 12.0. The van der Waals surface area contributed by atoms with Crippen LogP contribution >= 0.6 is 12.6 Å². The van der Waals surface area contributed by atoms with Crippen molar-refractivity contribution in [3.8, 4) is 0 Å². The fourth-order valence-electron chi connectivity index (χ4n) is 0.602. The van der Waals surface area contributed by atoms with Crippen LogP contribution in [-0.4, -0.2) is 11.7 Å². The van der Waals surface area contributed by atoms with Gasteiger partial charge in [-0.1, -0.05) is 25.1 Å². The van der Waals surface area contributed by atoms with Crippen LogP contribution in [0.1, 0.15) is 23.7 Å². The van der Waals surface area contributed by atoms with Gasteiger partial charge >= 0.3 is 0 Å². The van der Waals surface area contributed by atoms with E-state index in [1.165, 1.54) is 6.42 Å². The highest BCUT2D eigenvalue weighted by atomic mass is 32.1. The molecule has 1 rings (SSSR count). The molecule has 13 heavy (non-hydrogen) atoms. The molecular formula is C10H15NOS. The normalized spacial score (nSPS) is 8.46. The SMILES string of the molecule is CCCS.NC(=O)c1ccccc1. The first-order valence-corrected chi connectivity index (χ1v) is 4.81. The average molecular weight is 197 g/mol. The van der Waals surface area contributed by atoms with E-state index in [0.717, 1.165) is 5.75 Å². The second-order valence-electron chi connectivity index (χ2n) is 2.45. The van der Waals surface area contributed by atoms with Gasteiger partial charge in [0.1, 0.15) is 0 Å². The van der Waals surface area contributed by atoms with E-state index in [2.05, 4.69) is 19.6 Å². The first-order chi connectivity index (χ1) is 6.22. The van der Waals surface area contributed by atoms with Crippen LogP contribution in [0.2, 0.25) is 0 Å². The van der Waals surface area contributed by atoms with Crippen molar-refractivity contribution in [3.63, 3.8) is 0 Å². The lowest BCUT2D eigenvalue weighted by atomic mass is 10.2. The molecule has 3 heteroatoms. The van der Waals surface area contributed by atoms with E-state index in [-0.39, 0.29) is 5.91 Å². The van der Waals surface area contributed by atoms with E-state index in [9.17, 15) is 4.79 Å². The Balaban J connectivity index is 0.000000310. The largest absolute Gasteiger partial charge is 0.366 e. The van der Waals surface area contributed by atoms with Gasteiger partial charge in [0.25, 0.3) is 0 Å². The molecule has 0 saturated heterocycles. The van der Waals surface area contributed by atoms with Gasteiger partial charge in [0.15, 0.2) is 0 Å². The molecule has 0 aliphatic heterocycles. The molecule has 1 amide bonds. The van der Waals surface area contributed by atoms with E-state index >= 15 is 0 Å². The number of hydrogen-bond acceptors (Lipinski definition) is 2. The summed E-state index contributed by atoms with van der Waals surface area (Å²) < 4.78 is 0. The summed E-state index contributed by atoms with van der Waals surface area (Å²) in [6.45, 7) is 2.10. The monoisotopic (exact) mass is 197 g/mol. The first-order valence-electron chi connectivity index (χ1n) is 4.18. The molecule has 0 bridgehead atoms. The van der Waals surface area contributed by atoms with Crippen molar-refractivity contribution in [2.24, 2.45) is 5.73 Å². The van der Waals surface area contributed by atoms with E-state index in [1.807, 2.05) is 6.07 Å². The number of primary amides is 1. The summed E-state index contributed by atoms with van der Waals surface area (Å²) in [5, 5.41) is 0. The highest BCUT2D eigenvalue weighted by Crippen LogP contribution is 1.94. The van der Waals surface area contributed by atoms with Crippen LogP contribution in [0.15, 0.2) is 30.3 Å². The number of carbonyl (C=O) groups is 1. The Morgan fingerprint density at radius 3 is 2.08 bits per heavy atom. The van der Waals surface area contributed by atoms with Crippen molar-refractivity contribution in [2.75, 3.05) is 5.75 Å². The highest BCUT2D eigenvalue weighted by Gasteiger charge is 1.93. The summed E-state index contributed by atoms with van der Waals surface area (Å²) in [5.74, 6) is 0.635. The second-order valence-corrected chi connectivity index (χ2v) is 2.90. The Kier molecular flexibility index (Phi) is 7.11. The minimum Gasteiger partial charge on any atom is -0.366 e. The van der Waals surface area contributed by atoms with Gasteiger partial charge in [0.05, 0.1) is 0 Å². The Morgan fingerprint density at radius 1 is 1.38 bits per heavy atom. The predicted octanol–water partition coefficient (Wildman–Crippen LogP) is 2.11. The summed E-state index contributed by atoms with van der Waals surface area (Å²) >= 11 is 3.92. The molecule has 0 aliphatic rings.